The van der Waals surface area contributed by atoms with Gasteiger partial charge in [0.05, 0.1) is 28.9 Å². The number of benzene rings is 1. The summed E-state index contributed by atoms with van der Waals surface area (Å²) in [4.78, 5) is 18.9. The maximum Gasteiger partial charge on any atom is 0.259 e. The number of nitrogens with zero attached hydrogens (tertiary/aromatic N) is 3. The molecule has 0 aliphatic heterocycles. The maximum absolute atomic E-state index is 13.2. The molecule has 3 aromatic rings. The Bertz CT molecular complexity index is 906. The number of pyridine rings is 1. The number of amides is 1. The van der Waals surface area contributed by atoms with Crippen molar-refractivity contribution in [3.8, 4) is 11.3 Å². The van der Waals surface area contributed by atoms with Crippen LogP contribution in [0.3, 0.4) is 0 Å². The number of hydrogen-bond donors (Lipinski definition) is 1. The summed E-state index contributed by atoms with van der Waals surface area (Å²) in [5.74, 6) is -0.588. The molecule has 1 N–H and O–H groups in total. The summed E-state index contributed by atoms with van der Waals surface area (Å²) in [7, 11) is 0. The quantitative estimate of drug-likeness (QED) is 0.770. The Kier molecular flexibility index (Phi) is 4.76. The minimum Gasteiger partial charge on any atom is -0.395 e. The zero-order valence-electron chi connectivity index (χ0n) is 14.0. The fourth-order valence-electron chi connectivity index (χ4n) is 2.73. The molecule has 0 fully saturated rings. The standard InChI is InChI=1S/C18H18FN3O3/c1-3-22(8-9-23)18(24)14-10-15(12-4-6-13(19)7-5-12)20-17-16(14)11(2)21-25-17/h4-7,10,23H,3,8-9H2,1-2H3. The number of fused-ring (bicyclic) bond motifs is 1. The molecule has 0 saturated heterocycles. The molecule has 6 nitrogen and oxygen atoms in total. The summed E-state index contributed by atoms with van der Waals surface area (Å²) in [6, 6.07) is 7.50. The smallest absolute Gasteiger partial charge is 0.259 e. The minimum absolute atomic E-state index is 0.124. The van der Waals surface area contributed by atoms with E-state index >= 15 is 0 Å². The Labute approximate surface area is 143 Å². The molecule has 2 heterocycles. The lowest BCUT2D eigenvalue weighted by molar-refractivity contribution is 0.0734. The number of carbonyl (C=O) groups excluding carboxylic acids is 1. The van der Waals surface area contributed by atoms with Gasteiger partial charge in [-0.3, -0.25) is 4.79 Å². The summed E-state index contributed by atoms with van der Waals surface area (Å²) < 4.78 is 18.4. The lowest BCUT2D eigenvalue weighted by atomic mass is 10.0. The van der Waals surface area contributed by atoms with Crippen LogP contribution in [-0.4, -0.2) is 45.8 Å². The van der Waals surface area contributed by atoms with Crippen LogP contribution in [-0.2, 0) is 0 Å². The highest BCUT2D eigenvalue weighted by atomic mass is 19.1. The average molecular weight is 343 g/mol. The van der Waals surface area contributed by atoms with Gasteiger partial charge in [-0.2, -0.15) is 0 Å². The van der Waals surface area contributed by atoms with Crippen LogP contribution in [0.15, 0.2) is 34.9 Å². The monoisotopic (exact) mass is 343 g/mol. The summed E-state index contributed by atoms with van der Waals surface area (Å²) in [5.41, 5.74) is 2.38. The van der Waals surface area contributed by atoms with Gasteiger partial charge < -0.3 is 14.5 Å². The van der Waals surface area contributed by atoms with E-state index in [1.807, 2.05) is 6.92 Å². The molecule has 0 spiro atoms. The number of likely N-dealkylation sites (N-methyl/N-ethyl adjacent to an activating group) is 1. The van der Waals surface area contributed by atoms with Gasteiger partial charge in [0.1, 0.15) is 5.82 Å². The molecule has 0 atom stereocenters. The molecule has 0 radical (unpaired) electrons. The predicted molar refractivity (Wildman–Crippen MR) is 90.6 cm³/mol. The molecule has 0 unspecified atom stereocenters. The van der Waals surface area contributed by atoms with Gasteiger partial charge in [-0.25, -0.2) is 9.37 Å². The van der Waals surface area contributed by atoms with Crippen LogP contribution >= 0.6 is 0 Å². The number of aromatic nitrogens is 2. The number of aryl methyl sites for hydroxylation is 1. The lowest BCUT2D eigenvalue weighted by Crippen LogP contribution is -2.33. The normalized spacial score (nSPS) is 11.0. The average Bonchev–Trinajstić information content (AvgIpc) is 3.00. The van der Waals surface area contributed by atoms with Gasteiger partial charge in [-0.05, 0) is 44.2 Å². The van der Waals surface area contributed by atoms with E-state index in [1.165, 1.54) is 17.0 Å². The maximum atomic E-state index is 13.2. The second kappa shape index (κ2) is 6.98. The first-order chi connectivity index (χ1) is 12.0. The molecule has 7 heteroatoms. The van der Waals surface area contributed by atoms with Crippen LogP contribution in [0.2, 0.25) is 0 Å². The van der Waals surface area contributed by atoms with Crippen molar-refractivity contribution in [1.29, 1.82) is 0 Å². The van der Waals surface area contributed by atoms with Gasteiger partial charge >= 0.3 is 0 Å². The molecule has 25 heavy (non-hydrogen) atoms. The van der Waals surface area contributed by atoms with Gasteiger partial charge in [0.2, 0.25) is 0 Å². The molecular formula is C18H18FN3O3. The molecular weight excluding hydrogens is 325 g/mol. The molecule has 1 aromatic carbocycles. The molecule has 0 bridgehead atoms. The molecule has 2 aromatic heterocycles. The zero-order chi connectivity index (χ0) is 18.0. The highest BCUT2D eigenvalue weighted by molar-refractivity contribution is 6.07. The first kappa shape index (κ1) is 17.0. The third-order valence-corrected chi connectivity index (χ3v) is 4.03. The third kappa shape index (κ3) is 3.23. The highest BCUT2D eigenvalue weighted by Crippen LogP contribution is 2.28. The fraction of sp³-hybridized carbons (Fsp3) is 0.278. The topological polar surface area (TPSA) is 79.5 Å². The van der Waals surface area contributed by atoms with Crippen molar-refractivity contribution in [2.45, 2.75) is 13.8 Å². The van der Waals surface area contributed by atoms with Crippen LogP contribution < -0.4 is 0 Å². The summed E-state index contributed by atoms with van der Waals surface area (Å²) in [5, 5.41) is 13.6. The zero-order valence-corrected chi connectivity index (χ0v) is 14.0. The van der Waals surface area contributed by atoms with E-state index < -0.39 is 0 Å². The third-order valence-electron chi connectivity index (χ3n) is 4.03. The van der Waals surface area contributed by atoms with Crippen molar-refractivity contribution in [2.75, 3.05) is 19.7 Å². The van der Waals surface area contributed by atoms with Crippen LogP contribution in [0.5, 0.6) is 0 Å². The molecule has 0 aliphatic carbocycles. The number of hydrogen-bond acceptors (Lipinski definition) is 5. The van der Waals surface area contributed by atoms with Crippen LogP contribution in [0.25, 0.3) is 22.4 Å². The van der Waals surface area contributed by atoms with Crippen LogP contribution in [0, 0.1) is 12.7 Å². The Balaban J connectivity index is 2.16. The second-order valence-electron chi connectivity index (χ2n) is 5.62. The number of aliphatic hydroxyl groups excluding tert-OH is 1. The number of halogens is 1. The predicted octanol–water partition coefficient (Wildman–Crippen LogP) is 2.79. The van der Waals surface area contributed by atoms with E-state index in [-0.39, 0.29) is 30.6 Å². The molecule has 3 rings (SSSR count). The number of rotatable bonds is 5. The summed E-state index contributed by atoms with van der Waals surface area (Å²) in [6.07, 6.45) is 0. The van der Waals surface area contributed by atoms with Crippen LogP contribution in [0.1, 0.15) is 23.0 Å². The van der Waals surface area contributed by atoms with Gasteiger partial charge in [0.25, 0.3) is 11.6 Å². The van der Waals surface area contributed by atoms with Crippen molar-refractivity contribution in [1.82, 2.24) is 15.0 Å². The summed E-state index contributed by atoms with van der Waals surface area (Å²) >= 11 is 0. The molecule has 0 saturated carbocycles. The molecule has 130 valence electrons. The van der Waals surface area contributed by atoms with Gasteiger partial charge in [-0.15, -0.1) is 0 Å². The van der Waals surface area contributed by atoms with E-state index in [0.29, 0.717) is 34.4 Å². The van der Waals surface area contributed by atoms with E-state index in [0.717, 1.165) is 0 Å². The lowest BCUT2D eigenvalue weighted by Gasteiger charge is -2.20. The van der Waals surface area contributed by atoms with E-state index in [1.54, 1.807) is 25.1 Å². The van der Waals surface area contributed by atoms with Gasteiger partial charge in [0.15, 0.2) is 0 Å². The minimum atomic E-state index is -0.350. The SMILES string of the molecule is CCN(CCO)C(=O)c1cc(-c2ccc(F)cc2)nc2onc(C)c12. The Morgan fingerprint density at radius 3 is 2.68 bits per heavy atom. The molecule has 1 amide bonds. The fourth-order valence-corrected chi connectivity index (χ4v) is 2.73. The van der Waals surface area contributed by atoms with Gasteiger partial charge in [0, 0.05) is 18.7 Å². The number of carbonyl (C=O) groups is 1. The molecule has 0 aliphatic rings. The first-order valence-corrected chi connectivity index (χ1v) is 7.98. The Morgan fingerprint density at radius 2 is 2.04 bits per heavy atom. The summed E-state index contributed by atoms with van der Waals surface area (Å²) in [6.45, 7) is 4.15. The van der Waals surface area contributed by atoms with Crippen molar-refractivity contribution < 1.29 is 18.8 Å². The highest BCUT2D eigenvalue weighted by Gasteiger charge is 2.22. The van der Waals surface area contributed by atoms with E-state index in [4.69, 9.17) is 4.52 Å². The first-order valence-electron chi connectivity index (χ1n) is 7.98. The second-order valence-corrected chi connectivity index (χ2v) is 5.62. The van der Waals surface area contributed by atoms with Gasteiger partial charge in [-0.1, -0.05) is 5.16 Å². The van der Waals surface area contributed by atoms with E-state index in [2.05, 4.69) is 10.1 Å². The van der Waals surface area contributed by atoms with Crippen molar-refractivity contribution in [3.05, 3.63) is 47.4 Å². The Hall–Kier alpha value is -2.80. The van der Waals surface area contributed by atoms with Crippen molar-refractivity contribution in [3.63, 3.8) is 0 Å². The largest absolute Gasteiger partial charge is 0.395 e. The Morgan fingerprint density at radius 1 is 1.32 bits per heavy atom. The van der Waals surface area contributed by atoms with Crippen molar-refractivity contribution in [2.24, 2.45) is 0 Å². The van der Waals surface area contributed by atoms with E-state index in [9.17, 15) is 14.3 Å². The number of aliphatic hydroxyl groups is 1. The van der Waals surface area contributed by atoms with Crippen LogP contribution in [0.4, 0.5) is 4.39 Å². The van der Waals surface area contributed by atoms with Crippen molar-refractivity contribution >= 4 is 17.0 Å².